The number of hydrogen-bond acceptors (Lipinski definition) is 3. The largest absolute Gasteiger partial charge is 0.480 e. The van der Waals surface area contributed by atoms with Crippen LogP contribution in [0.2, 0.25) is 0 Å². The van der Waals surface area contributed by atoms with E-state index in [1.165, 1.54) is 11.1 Å². The lowest BCUT2D eigenvalue weighted by Crippen LogP contribution is -2.48. The van der Waals surface area contributed by atoms with Crippen molar-refractivity contribution < 1.29 is 9.90 Å². The van der Waals surface area contributed by atoms with Gasteiger partial charge >= 0.3 is 5.97 Å². The van der Waals surface area contributed by atoms with Gasteiger partial charge < -0.3 is 5.11 Å². The van der Waals surface area contributed by atoms with Gasteiger partial charge in [-0.1, -0.05) is 36.8 Å². The normalized spacial score (nSPS) is 18.9. The van der Waals surface area contributed by atoms with E-state index in [1.54, 1.807) is 0 Å². The van der Waals surface area contributed by atoms with Crippen LogP contribution >= 0.6 is 0 Å². The SMILES string of the molecule is CCC(c1ccc(C)cc1)N1CCN(CC(=O)O)CC1. The van der Waals surface area contributed by atoms with Gasteiger partial charge in [0.2, 0.25) is 0 Å². The highest BCUT2D eigenvalue weighted by molar-refractivity contribution is 5.69. The van der Waals surface area contributed by atoms with Crippen LogP contribution < -0.4 is 0 Å². The molecule has 0 spiro atoms. The summed E-state index contributed by atoms with van der Waals surface area (Å²) < 4.78 is 0. The number of rotatable bonds is 5. The summed E-state index contributed by atoms with van der Waals surface area (Å²) in [7, 11) is 0. The first-order chi connectivity index (χ1) is 9.60. The molecule has 2 rings (SSSR count). The Morgan fingerprint density at radius 2 is 1.80 bits per heavy atom. The predicted octanol–water partition coefficient (Wildman–Crippen LogP) is 2.15. The fourth-order valence-electron chi connectivity index (χ4n) is 2.92. The van der Waals surface area contributed by atoms with E-state index in [-0.39, 0.29) is 6.54 Å². The van der Waals surface area contributed by atoms with Gasteiger partial charge in [-0.3, -0.25) is 14.6 Å². The molecule has 1 aromatic rings. The second-order valence-electron chi connectivity index (χ2n) is 5.54. The molecule has 0 aliphatic carbocycles. The minimum atomic E-state index is -0.732. The van der Waals surface area contributed by atoms with Gasteiger partial charge in [-0.05, 0) is 18.9 Å². The van der Waals surface area contributed by atoms with Gasteiger partial charge in [-0.25, -0.2) is 0 Å². The van der Waals surface area contributed by atoms with Crippen LogP contribution in [-0.2, 0) is 4.79 Å². The topological polar surface area (TPSA) is 43.8 Å². The molecule has 0 saturated carbocycles. The van der Waals surface area contributed by atoms with Crippen LogP contribution in [0.4, 0.5) is 0 Å². The van der Waals surface area contributed by atoms with Crippen LogP contribution in [0.15, 0.2) is 24.3 Å². The number of carboxylic acid groups (broad SMARTS) is 1. The first kappa shape index (κ1) is 15.0. The first-order valence-electron chi connectivity index (χ1n) is 7.35. The maximum absolute atomic E-state index is 10.7. The van der Waals surface area contributed by atoms with Crippen molar-refractivity contribution in [3.05, 3.63) is 35.4 Å². The smallest absolute Gasteiger partial charge is 0.317 e. The Balaban J connectivity index is 1.96. The Labute approximate surface area is 121 Å². The second-order valence-corrected chi connectivity index (χ2v) is 5.54. The summed E-state index contributed by atoms with van der Waals surface area (Å²) in [6, 6.07) is 9.21. The third kappa shape index (κ3) is 3.81. The maximum atomic E-state index is 10.7. The molecule has 4 nitrogen and oxygen atoms in total. The van der Waals surface area contributed by atoms with Gasteiger partial charge in [0.25, 0.3) is 0 Å². The summed E-state index contributed by atoms with van der Waals surface area (Å²) in [6.45, 7) is 8.06. The fraction of sp³-hybridized carbons (Fsp3) is 0.562. The minimum Gasteiger partial charge on any atom is -0.480 e. The van der Waals surface area contributed by atoms with Gasteiger partial charge in [0.05, 0.1) is 6.54 Å². The van der Waals surface area contributed by atoms with Crippen molar-refractivity contribution in [3.8, 4) is 0 Å². The number of nitrogens with zero attached hydrogens (tertiary/aromatic N) is 2. The molecule has 0 bridgehead atoms. The van der Waals surface area contributed by atoms with Crippen LogP contribution in [0.1, 0.15) is 30.5 Å². The van der Waals surface area contributed by atoms with Crippen molar-refractivity contribution in [2.45, 2.75) is 26.3 Å². The lowest BCUT2D eigenvalue weighted by atomic mass is 10.0. The fourth-order valence-corrected chi connectivity index (χ4v) is 2.92. The molecular weight excluding hydrogens is 252 g/mol. The Morgan fingerprint density at radius 3 is 2.30 bits per heavy atom. The number of benzene rings is 1. The Morgan fingerprint density at radius 1 is 1.20 bits per heavy atom. The summed E-state index contributed by atoms with van der Waals surface area (Å²) in [5.41, 5.74) is 2.65. The molecule has 20 heavy (non-hydrogen) atoms. The van der Waals surface area contributed by atoms with Crippen LogP contribution in [0, 0.1) is 6.92 Å². The zero-order valence-electron chi connectivity index (χ0n) is 12.4. The molecule has 110 valence electrons. The standard InChI is InChI=1S/C16H24N2O2/c1-3-15(14-6-4-13(2)5-7-14)18-10-8-17(9-11-18)12-16(19)20/h4-7,15H,3,8-12H2,1-2H3,(H,19,20). The van der Waals surface area contributed by atoms with Gasteiger partial charge in [0.15, 0.2) is 0 Å². The van der Waals surface area contributed by atoms with E-state index in [0.29, 0.717) is 6.04 Å². The Hall–Kier alpha value is -1.39. The second kappa shape index (κ2) is 6.86. The third-order valence-electron chi connectivity index (χ3n) is 4.06. The summed E-state index contributed by atoms with van der Waals surface area (Å²) in [5, 5.41) is 8.84. The van der Waals surface area contributed by atoms with Crippen molar-refractivity contribution in [1.29, 1.82) is 0 Å². The Kier molecular flexibility index (Phi) is 5.15. The molecule has 0 radical (unpaired) electrons. The van der Waals surface area contributed by atoms with E-state index in [9.17, 15) is 4.79 Å². The molecule has 0 amide bonds. The highest BCUT2D eigenvalue weighted by atomic mass is 16.4. The van der Waals surface area contributed by atoms with E-state index >= 15 is 0 Å². The van der Waals surface area contributed by atoms with Crippen molar-refractivity contribution in [2.75, 3.05) is 32.7 Å². The molecule has 4 heteroatoms. The zero-order chi connectivity index (χ0) is 14.5. The number of aliphatic carboxylic acids is 1. The summed E-state index contributed by atoms with van der Waals surface area (Å²) in [5.74, 6) is -0.732. The highest BCUT2D eigenvalue weighted by Crippen LogP contribution is 2.25. The lowest BCUT2D eigenvalue weighted by molar-refractivity contribution is -0.138. The molecule has 1 heterocycles. The van der Waals surface area contributed by atoms with Gasteiger partial charge in [0.1, 0.15) is 0 Å². The number of piperazine rings is 1. The van der Waals surface area contributed by atoms with Gasteiger partial charge in [0, 0.05) is 32.2 Å². The maximum Gasteiger partial charge on any atom is 0.317 e. The van der Waals surface area contributed by atoms with Crippen molar-refractivity contribution in [2.24, 2.45) is 0 Å². The summed E-state index contributed by atoms with van der Waals surface area (Å²) in [6.07, 6.45) is 1.09. The Bertz CT molecular complexity index is 436. The highest BCUT2D eigenvalue weighted by Gasteiger charge is 2.24. The van der Waals surface area contributed by atoms with Crippen LogP contribution in [0.3, 0.4) is 0 Å². The van der Waals surface area contributed by atoms with Crippen LogP contribution in [0.5, 0.6) is 0 Å². The van der Waals surface area contributed by atoms with Crippen LogP contribution in [0.25, 0.3) is 0 Å². The van der Waals surface area contributed by atoms with E-state index in [2.05, 4.69) is 43.0 Å². The zero-order valence-corrected chi connectivity index (χ0v) is 12.4. The summed E-state index contributed by atoms with van der Waals surface area (Å²) >= 11 is 0. The van der Waals surface area contributed by atoms with Gasteiger partial charge in [-0.15, -0.1) is 0 Å². The molecule has 1 aromatic carbocycles. The number of carboxylic acids is 1. The monoisotopic (exact) mass is 276 g/mol. The molecule has 1 atom stereocenters. The molecule has 1 aliphatic heterocycles. The average molecular weight is 276 g/mol. The third-order valence-corrected chi connectivity index (χ3v) is 4.06. The predicted molar refractivity (Wildman–Crippen MR) is 79.9 cm³/mol. The van der Waals surface area contributed by atoms with Gasteiger partial charge in [-0.2, -0.15) is 0 Å². The number of hydrogen-bond donors (Lipinski definition) is 1. The number of carbonyl (C=O) groups is 1. The lowest BCUT2D eigenvalue weighted by Gasteiger charge is -2.38. The molecular formula is C16H24N2O2. The van der Waals surface area contributed by atoms with Crippen molar-refractivity contribution in [1.82, 2.24) is 9.80 Å². The van der Waals surface area contributed by atoms with E-state index < -0.39 is 5.97 Å². The van der Waals surface area contributed by atoms with Crippen LogP contribution in [-0.4, -0.2) is 53.6 Å². The molecule has 1 saturated heterocycles. The quantitative estimate of drug-likeness (QED) is 0.895. The molecule has 1 aliphatic rings. The van der Waals surface area contributed by atoms with Crippen molar-refractivity contribution in [3.63, 3.8) is 0 Å². The molecule has 1 fully saturated rings. The van der Waals surface area contributed by atoms with Crippen molar-refractivity contribution >= 4 is 5.97 Å². The van der Waals surface area contributed by atoms with E-state index in [4.69, 9.17) is 5.11 Å². The molecule has 1 N–H and O–H groups in total. The first-order valence-corrected chi connectivity index (χ1v) is 7.35. The summed E-state index contributed by atoms with van der Waals surface area (Å²) in [4.78, 5) is 15.2. The average Bonchev–Trinajstić information content (AvgIpc) is 2.43. The van der Waals surface area contributed by atoms with E-state index in [0.717, 1.165) is 32.6 Å². The van der Waals surface area contributed by atoms with E-state index in [1.807, 2.05) is 4.90 Å². The minimum absolute atomic E-state index is 0.162. The molecule has 1 unspecified atom stereocenters. The number of aryl methyl sites for hydroxylation is 1. The molecule has 0 aromatic heterocycles.